The second kappa shape index (κ2) is 6.20. The molecule has 1 aromatic carbocycles. The molecule has 1 atom stereocenters. The number of carbonyl (C=O) groups is 1. The molecule has 1 heterocycles. The summed E-state index contributed by atoms with van der Waals surface area (Å²) in [5.74, 6) is -0.849. The molecule has 0 amide bonds. The van der Waals surface area contributed by atoms with Gasteiger partial charge >= 0.3 is 5.97 Å². The molecule has 0 aliphatic carbocycles. The fraction of sp³-hybridized carbons (Fsp3) is 0.312. The zero-order chi connectivity index (χ0) is 14.6. The van der Waals surface area contributed by atoms with E-state index in [9.17, 15) is 9.90 Å². The molecule has 1 unspecified atom stereocenters. The molecule has 0 aliphatic rings. The highest BCUT2D eigenvalue weighted by atomic mass is 32.1. The lowest BCUT2D eigenvalue weighted by Crippen LogP contribution is -2.37. The maximum Gasteiger partial charge on any atom is 0.325 e. The Labute approximate surface area is 123 Å². The lowest BCUT2D eigenvalue weighted by atomic mass is 9.91. The van der Waals surface area contributed by atoms with Crippen molar-refractivity contribution < 1.29 is 9.90 Å². The molecule has 1 aromatic heterocycles. The van der Waals surface area contributed by atoms with Gasteiger partial charge in [-0.2, -0.15) is 0 Å². The van der Waals surface area contributed by atoms with Crippen LogP contribution < -0.4 is 5.32 Å². The lowest BCUT2D eigenvalue weighted by Gasteiger charge is -2.26. The average molecular weight is 289 g/mol. The highest BCUT2D eigenvalue weighted by Crippen LogP contribution is 2.27. The molecule has 3 nitrogen and oxygen atoms in total. The van der Waals surface area contributed by atoms with Gasteiger partial charge in [0.05, 0.1) is 0 Å². The molecule has 0 saturated carbocycles. The van der Waals surface area contributed by atoms with Gasteiger partial charge < -0.3 is 5.11 Å². The Hall–Kier alpha value is -1.65. The summed E-state index contributed by atoms with van der Waals surface area (Å²) in [6.07, 6.45) is 0. The van der Waals surface area contributed by atoms with Crippen molar-refractivity contribution in [3.8, 4) is 0 Å². The van der Waals surface area contributed by atoms with Crippen LogP contribution >= 0.6 is 11.3 Å². The van der Waals surface area contributed by atoms with Crippen molar-refractivity contribution in [1.29, 1.82) is 0 Å². The van der Waals surface area contributed by atoms with Crippen LogP contribution in [0.25, 0.3) is 0 Å². The molecule has 0 fully saturated rings. The van der Waals surface area contributed by atoms with E-state index in [0.29, 0.717) is 6.54 Å². The average Bonchev–Trinajstić information content (AvgIpc) is 2.94. The van der Waals surface area contributed by atoms with Gasteiger partial charge in [0.25, 0.3) is 0 Å². The van der Waals surface area contributed by atoms with Crippen molar-refractivity contribution in [3.63, 3.8) is 0 Å². The van der Waals surface area contributed by atoms with Crippen molar-refractivity contribution in [3.05, 3.63) is 58.3 Å². The Morgan fingerprint density at radius 2 is 1.95 bits per heavy atom. The van der Waals surface area contributed by atoms with Crippen molar-refractivity contribution in [2.45, 2.75) is 25.3 Å². The number of nitrogens with one attached hydrogen (secondary N) is 1. The first kappa shape index (κ1) is 14.8. The minimum atomic E-state index is -0.849. The first-order chi connectivity index (χ1) is 9.50. The van der Waals surface area contributed by atoms with Crippen LogP contribution in [0.3, 0.4) is 0 Å². The molecule has 2 N–H and O–H groups in total. The molecule has 20 heavy (non-hydrogen) atoms. The van der Waals surface area contributed by atoms with E-state index in [4.69, 9.17) is 0 Å². The first-order valence-electron chi connectivity index (χ1n) is 6.56. The van der Waals surface area contributed by atoms with Crippen LogP contribution in [0.2, 0.25) is 0 Å². The third kappa shape index (κ3) is 3.46. The van der Waals surface area contributed by atoms with E-state index in [-0.39, 0.29) is 5.41 Å². The number of hydrogen-bond acceptors (Lipinski definition) is 3. The van der Waals surface area contributed by atoms with Gasteiger partial charge in [-0.3, -0.25) is 10.1 Å². The van der Waals surface area contributed by atoms with Crippen LogP contribution in [0.15, 0.2) is 47.8 Å². The van der Waals surface area contributed by atoms with Crippen LogP contribution in [0.5, 0.6) is 0 Å². The molecule has 0 aliphatic heterocycles. The number of hydrogen-bond donors (Lipinski definition) is 2. The summed E-state index contributed by atoms with van der Waals surface area (Å²) in [6, 6.07) is 12.7. The smallest absolute Gasteiger partial charge is 0.325 e. The molecule has 0 spiro atoms. The Morgan fingerprint density at radius 1 is 1.25 bits per heavy atom. The zero-order valence-corrected chi connectivity index (χ0v) is 12.5. The second-order valence-electron chi connectivity index (χ2n) is 5.42. The minimum absolute atomic E-state index is 0.0867. The van der Waals surface area contributed by atoms with Gasteiger partial charge in [-0.05, 0) is 17.0 Å². The van der Waals surface area contributed by atoms with E-state index in [0.717, 1.165) is 5.56 Å². The van der Waals surface area contributed by atoms with E-state index in [1.165, 1.54) is 4.88 Å². The summed E-state index contributed by atoms with van der Waals surface area (Å²) in [5.41, 5.74) is 0.693. The highest BCUT2D eigenvalue weighted by molar-refractivity contribution is 7.10. The van der Waals surface area contributed by atoms with Crippen LogP contribution in [0.1, 0.15) is 30.3 Å². The molecule has 4 heteroatoms. The molecule has 0 radical (unpaired) electrons. The fourth-order valence-corrected chi connectivity index (χ4v) is 2.95. The third-order valence-corrected chi connectivity index (χ3v) is 4.55. The standard InChI is InChI=1S/C16H19NO2S/c1-16(2,13-9-6-10-20-13)11-17-14(15(18)19)12-7-4-3-5-8-12/h3-10,14,17H,11H2,1-2H3,(H,18,19). The van der Waals surface area contributed by atoms with Gasteiger partial charge in [0.15, 0.2) is 0 Å². The normalized spacial score (nSPS) is 13.1. The van der Waals surface area contributed by atoms with Gasteiger partial charge in [-0.1, -0.05) is 50.2 Å². The maximum absolute atomic E-state index is 11.4. The molecule has 0 saturated heterocycles. The maximum atomic E-state index is 11.4. The molecular weight excluding hydrogens is 270 g/mol. The number of aliphatic carboxylic acids is 1. The number of thiophene rings is 1. The monoisotopic (exact) mass is 289 g/mol. The highest BCUT2D eigenvalue weighted by Gasteiger charge is 2.26. The van der Waals surface area contributed by atoms with E-state index in [2.05, 4.69) is 25.2 Å². The van der Waals surface area contributed by atoms with E-state index in [1.54, 1.807) is 11.3 Å². The number of benzene rings is 1. The third-order valence-electron chi connectivity index (χ3n) is 3.32. The number of rotatable bonds is 6. The first-order valence-corrected chi connectivity index (χ1v) is 7.44. The van der Waals surface area contributed by atoms with Crippen LogP contribution in [0.4, 0.5) is 0 Å². The van der Waals surface area contributed by atoms with Gasteiger partial charge in [0.2, 0.25) is 0 Å². The second-order valence-corrected chi connectivity index (χ2v) is 6.37. The van der Waals surface area contributed by atoms with E-state index >= 15 is 0 Å². The van der Waals surface area contributed by atoms with Gasteiger partial charge in [-0.25, -0.2) is 0 Å². The summed E-state index contributed by atoms with van der Waals surface area (Å²) in [7, 11) is 0. The quantitative estimate of drug-likeness (QED) is 0.856. The summed E-state index contributed by atoms with van der Waals surface area (Å²) >= 11 is 1.70. The van der Waals surface area contributed by atoms with Gasteiger partial charge in [0.1, 0.15) is 6.04 Å². The largest absolute Gasteiger partial charge is 0.480 e. The van der Waals surface area contributed by atoms with Crippen LogP contribution in [0, 0.1) is 0 Å². The van der Waals surface area contributed by atoms with E-state index < -0.39 is 12.0 Å². The molecule has 0 bridgehead atoms. The Kier molecular flexibility index (Phi) is 4.57. The molecule has 2 rings (SSSR count). The summed E-state index contributed by atoms with van der Waals surface area (Å²) in [4.78, 5) is 12.7. The summed E-state index contributed by atoms with van der Waals surface area (Å²) < 4.78 is 0. The molecular formula is C16H19NO2S. The van der Waals surface area contributed by atoms with Crippen molar-refractivity contribution >= 4 is 17.3 Å². The summed E-state index contributed by atoms with van der Waals surface area (Å²) in [5, 5.41) is 14.6. The topological polar surface area (TPSA) is 49.3 Å². The molecule has 106 valence electrons. The lowest BCUT2D eigenvalue weighted by molar-refractivity contribution is -0.139. The van der Waals surface area contributed by atoms with Crippen molar-refractivity contribution in [1.82, 2.24) is 5.32 Å². The number of carboxylic acid groups (broad SMARTS) is 1. The van der Waals surface area contributed by atoms with Crippen LogP contribution in [-0.4, -0.2) is 17.6 Å². The molecule has 2 aromatic rings. The zero-order valence-electron chi connectivity index (χ0n) is 11.7. The van der Waals surface area contributed by atoms with E-state index in [1.807, 2.05) is 41.8 Å². The predicted octanol–water partition coefficient (Wildman–Crippen LogP) is 3.44. The van der Waals surface area contributed by atoms with Crippen molar-refractivity contribution in [2.24, 2.45) is 0 Å². The van der Waals surface area contributed by atoms with Crippen LogP contribution in [-0.2, 0) is 10.2 Å². The number of carboxylic acids is 1. The Bertz CT molecular complexity index is 549. The fourth-order valence-electron chi connectivity index (χ4n) is 2.10. The predicted molar refractivity (Wildman–Crippen MR) is 82.2 cm³/mol. The van der Waals surface area contributed by atoms with Gasteiger partial charge in [0, 0.05) is 16.8 Å². The SMILES string of the molecule is CC(C)(CNC(C(=O)O)c1ccccc1)c1cccs1. The Balaban J connectivity index is 2.09. The van der Waals surface area contributed by atoms with Gasteiger partial charge in [-0.15, -0.1) is 11.3 Å². The summed E-state index contributed by atoms with van der Waals surface area (Å²) in [6.45, 7) is 4.85. The Morgan fingerprint density at radius 3 is 2.50 bits per heavy atom. The van der Waals surface area contributed by atoms with Crippen molar-refractivity contribution in [2.75, 3.05) is 6.54 Å². The minimum Gasteiger partial charge on any atom is -0.480 e.